The van der Waals surface area contributed by atoms with Crippen molar-refractivity contribution < 1.29 is 4.92 Å². The standard InChI is InChI=1S/C26H24N2O2S2Si/c1-33(2,25-17-15-23(31-25)13-7-19-3-9-21(27)10-4-19)26-18-16-24(32-26)14-8-20-5-11-22(12-6-20)28(29)30/h3-18H,27H2,1-2H3/b13-7+,14-8+. The van der Waals surface area contributed by atoms with E-state index >= 15 is 0 Å². The van der Waals surface area contributed by atoms with Crippen molar-refractivity contribution in [2.75, 3.05) is 5.73 Å². The summed E-state index contributed by atoms with van der Waals surface area (Å²) in [6.07, 6.45) is 8.36. The number of thiophene rings is 2. The monoisotopic (exact) mass is 488 g/mol. The van der Waals surface area contributed by atoms with Gasteiger partial charge in [0.25, 0.3) is 5.69 Å². The van der Waals surface area contributed by atoms with E-state index in [0.717, 1.165) is 16.8 Å². The minimum Gasteiger partial charge on any atom is -0.399 e. The van der Waals surface area contributed by atoms with Gasteiger partial charge in [-0.1, -0.05) is 49.5 Å². The lowest BCUT2D eigenvalue weighted by Crippen LogP contribution is -2.49. The van der Waals surface area contributed by atoms with Crippen LogP contribution in [0, 0.1) is 10.1 Å². The normalized spacial score (nSPS) is 12.1. The van der Waals surface area contributed by atoms with Crippen molar-refractivity contribution in [1.82, 2.24) is 0 Å². The van der Waals surface area contributed by atoms with Gasteiger partial charge in [-0.05, 0) is 68.7 Å². The van der Waals surface area contributed by atoms with E-state index < -0.39 is 8.07 Å². The number of anilines is 1. The SMILES string of the molecule is C[Si](C)(c1ccc(/C=C/c2ccc(N)cc2)s1)c1ccc(/C=C/c2ccc([N+](=O)[O-])cc2)s1. The average Bonchev–Trinajstić information content (AvgIpc) is 3.48. The van der Waals surface area contributed by atoms with Gasteiger partial charge in [0.15, 0.2) is 0 Å². The molecule has 4 rings (SSSR count). The molecule has 0 aliphatic heterocycles. The third-order valence-electron chi connectivity index (χ3n) is 5.41. The van der Waals surface area contributed by atoms with Gasteiger partial charge in [0.05, 0.1) is 4.92 Å². The van der Waals surface area contributed by atoms with Crippen LogP contribution in [0.25, 0.3) is 24.3 Å². The van der Waals surface area contributed by atoms with E-state index in [1.165, 1.54) is 30.9 Å². The Bertz CT molecular complexity index is 1320. The summed E-state index contributed by atoms with van der Waals surface area (Å²) in [6, 6.07) is 23.4. The molecule has 0 bridgehead atoms. The number of nitrogens with zero attached hydrogens (tertiary/aromatic N) is 1. The lowest BCUT2D eigenvalue weighted by atomic mass is 10.2. The molecule has 7 heteroatoms. The van der Waals surface area contributed by atoms with E-state index in [2.05, 4.69) is 55.6 Å². The first-order valence-corrected chi connectivity index (χ1v) is 15.1. The number of rotatable bonds is 7. The van der Waals surface area contributed by atoms with Crippen molar-refractivity contribution in [2.24, 2.45) is 0 Å². The molecule has 0 radical (unpaired) electrons. The molecule has 4 aromatic rings. The molecule has 2 aromatic heterocycles. The average molecular weight is 489 g/mol. The van der Waals surface area contributed by atoms with Crippen LogP contribution in [0.1, 0.15) is 20.9 Å². The highest BCUT2D eigenvalue weighted by molar-refractivity contribution is 7.37. The molecule has 0 atom stereocenters. The van der Waals surface area contributed by atoms with Gasteiger partial charge >= 0.3 is 0 Å². The van der Waals surface area contributed by atoms with Crippen LogP contribution >= 0.6 is 22.7 Å². The summed E-state index contributed by atoms with van der Waals surface area (Å²) in [5.41, 5.74) is 8.73. The van der Waals surface area contributed by atoms with E-state index in [4.69, 9.17) is 5.73 Å². The zero-order valence-corrected chi connectivity index (χ0v) is 21.0. The molecule has 2 heterocycles. The first kappa shape index (κ1) is 22.9. The van der Waals surface area contributed by atoms with Gasteiger partial charge in [-0.25, -0.2) is 0 Å². The van der Waals surface area contributed by atoms with Gasteiger partial charge in [-0.15, -0.1) is 22.7 Å². The summed E-state index contributed by atoms with van der Waals surface area (Å²) >= 11 is 3.69. The summed E-state index contributed by atoms with van der Waals surface area (Å²) in [4.78, 5) is 12.9. The van der Waals surface area contributed by atoms with Gasteiger partial charge in [-0.3, -0.25) is 10.1 Å². The van der Waals surface area contributed by atoms with Gasteiger partial charge in [-0.2, -0.15) is 0 Å². The fraction of sp³-hybridized carbons (Fsp3) is 0.0769. The first-order valence-electron chi connectivity index (χ1n) is 10.5. The van der Waals surface area contributed by atoms with Crippen molar-refractivity contribution >= 4 is 75.4 Å². The molecule has 0 aliphatic rings. The van der Waals surface area contributed by atoms with Crippen molar-refractivity contribution in [3.8, 4) is 0 Å². The zero-order valence-electron chi connectivity index (χ0n) is 18.4. The number of nitrogen functional groups attached to an aromatic ring is 1. The number of nitrogens with two attached hydrogens (primary N) is 1. The number of non-ortho nitro benzene ring substituents is 1. The summed E-state index contributed by atoms with van der Waals surface area (Å²) in [5.74, 6) is 0. The number of benzene rings is 2. The molecule has 0 spiro atoms. The molecule has 2 aromatic carbocycles. The second kappa shape index (κ2) is 9.70. The smallest absolute Gasteiger partial charge is 0.269 e. The quantitative estimate of drug-likeness (QED) is 0.140. The molecule has 0 amide bonds. The number of nitro groups is 1. The molecule has 0 aliphatic carbocycles. The van der Waals surface area contributed by atoms with Gasteiger partial charge in [0.2, 0.25) is 0 Å². The Morgan fingerprint density at radius 3 is 1.64 bits per heavy atom. The molecular formula is C26H24N2O2S2Si. The zero-order chi connectivity index (χ0) is 23.4. The Hall–Kier alpha value is -3.26. The van der Waals surface area contributed by atoms with Gasteiger partial charge < -0.3 is 5.73 Å². The Kier molecular flexibility index (Phi) is 6.74. The van der Waals surface area contributed by atoms with E-state index in [0.29, 0.717) is 0 Å². The molecule has 0 saturated carbocycles. The van der Waals surface area contributed by atoms with Crippen molar-refractivity contribution in [1.29, 1.82) is 0 Å². The highest BCUT2D eigenvalue weighted by Crippen LogP contribution is 2.21. The number of nitro benzene ring substituents is 1. The van der Waals surface area contributed by atoms with Crippen LogP contribution in [-0.4, -0.2) is 13.0 Å². The van der Waals surface area contributed by atoms with Crippen LogP contribution in [0.4, 0.5) is 11.4 Å². The van der Waals surface area contributed by atoms with Crippen LogP contribution in [0.5, 0.6) is 0 Å². The van der Waals surface area contributed by atoms with Crippen LogP contribution in [0.15, 0.2) is 72.8 Å². The fourth-order valence-corrected chi connectivity index (χ4v) is 9.52. The molecule has 0 unspecified atom stereocenters. The second-order valence-electron chi connectivity index (χ2n) is 8.21. The maximum absolute atomic E-state index is 10.8. The Morgan fingerprint density at radius 2 is 1.18 bits per heavy atom. The summed E-state index contributed by atoms with van der Waals surface area (Å²) in [5, 5.41) is 10.8. The lowest BCUT2D eigenvalue weighted by molar-refractivity contribution is -0.384. The van der Waals surface area contributed by atoms with Crippen molar-refractivity contribution in [3.05, 3.63) is 104 Å². The lowest BCUT2D eigenvalue weighted by Gasteiger charge is -2.18. The molecule has 0 saturated heterocycles. The topological polar surface area (TPSA) is 69.2 Å². The van der Waals surface area contributed by atoms with Gasteiger partial charge in [0, 0.05) is 27.6 Å². The highest BCUT2D eigenvalue weighted by Gasteiger charge is 2.29. The Morgan fingerprint density at radius 1 is 0.727 bits per heavy atom. The second-order valence-corrected chi connectivity index (χ2v) is 15.5. The molecule has 33 heavy (non-hydrogen) atoms. The summed E-state index contributed by atoms with van der Waals surface area (Å²) < 4.78 is 2.88. The van der Waals surface area contributed by atoms with Crippen molar-refractivity contribution in [2.45, 2.75) is 13.1 Å². The molecule has 0 fully saturated rings. The number of hydrogen-bond acceptors (Lipinski definition) is 5. The van der Waals surface area contributed by atoms with Crippen molar-refractivity contribution in [3.63, 3.8) is 0 Å². The largest absolute Gasteiger partial charge is 0.399 e. The minimum atomic E-state index is -1.78. The van der Waals surface area contributed by atoms with Crippen LogP contribution in [0.2, 0.25) is 13.1 Å². The van der Waals surface area contributed by atoms with Crippen LogP contribution in [-0.2, 0) is 0 Å². The summed E-state index contributed by atoms with van der Waals surface area (Å²) in [6.45, 7) is 4.78. The number of hydrogen-bond donors (Lipinski definition) is 1. The first-order chi connectivity index (χ1) is 15.8. The van der Waals surface area contributed by atoms with E-state index in [-0.39, 0.29) is 10.6 Å². The highest BCUT2D eigenvalue weighted by atomic mass is 32.1. The predicted octanol–water partition coefficient (Wildman–Crippen LogP) is 6.46. The maximum Gasteiger partial charge on any atom is 0.269 e. The van der Waals surface area contributed by atoms with Crippen LogP contribution in [0.3, 0.4) is 0 Å². The minimum absolute atomic E-state index is 0.108. The Balaban J connectivity index is 1.47. The van der Waals surface area contributed by atoms with E-state index in [1.54, 1.807) is 12.1 Å². The molecule has 2 N–H and O–H groups in total. The fourth-order valence-electron chi connectivity index (χ4n) is 3.35. The summed E-state index contributed by atoms with van der Waals surface area (Å²) in [7, 11) is -1.78. The van der Waals surface area contributed by atoms with Crippen LogP contribution < -0.4 is 14.7 Å². The third kappa shape index (κ3) is 5.57. The molecule has 4 nitrogen and oxygen atoms in total. The molecule has 166 valence electrons. The third-order valence-corrected chi connectivity index (χ3v) is 13.6. The predicted molar refractivity (Wildman–Crippen MR) is 147 cm³/mol. The van der Waals surface area contributed by atoms with E-state index in [9.17, 15) is 10.1 Å². The Labute approximate surface area is 202 Å². The van der Waals surface area contributed by atoms with Gasteiger partial charge in [0.1, 0.15) is 8.07 Å². The van der Waals surface area contributed by atoms with E-state index in [1.807, 2.05) is 53.0 Å². The maximum atomic E-state index is 10.8. The molecular weight excluding hydrogens is 465 g/mol.